The van der Waals surface area contributed by atoms with Crippen molar-refractivity contribution in [3.8, 4) is 12.1 Å². The Morgan fingerprint density at radius 1 is 1.27 bits per heavy atom. The van der Waals surface area contributed by atoms with Crippen LogP contribution in [-0.2, 0) is 0 Å². The summed E-state index contributed by atoms with van der Waals surface area (Å²) in [5, 5.41) is 22.5. The number of aryl methyl sites for hydroxylation is 1. The van der Waals surface area contributed by atoms with E-state index in [9.17, 15) is 10.5 Å². The molecule has 1 fully saturated rings. The van der Waals surface area contributed by atoms with Gasteiger partial charge in [-0.15, -0.1) is 0 Å². The fourth-order valence-corrected chi connectivity index (χ4v) is 2.93. The molecule has 6 heteroatoms. The van der Waals surface area contributed by atoms with Gasteiger partial charge in [-0.05, 0) is 31.9 Å². The number of anilines is 1. The molecule has 1 unspecified atom stereocenters. The summed E-state index contributed by atoms with van der Waals surface area (Å²) in [6.45, 7) is 3.29. The number of aromatic nitrogens is 2. The molecule has 1 aromatic heterocycles. The zero-order valence-electron chi connectivity index (χ0n) is 12.3. The average molecular weight is 293 g/mol. The van der Waals surface area contributed by atoms with Gasteiger partial charge in [0.15, 0.2) is 5.82 Å². The number of nitriles is 2. The molecule has 0 N–H and O–H groups in total. The minimum Gasteiger partial charge on any atom is -0.369 e. The summed E-state index contributed by atoms with van der Waals surface area (Å²) >= 11 is 0. The molecule has 2 aromatic rings. The second-order valence-corrected chi connectivity index (χ2v) is 5.39. The van der Waals surface area contributed by atoms with E-state index in [4.69, 9.17) is 4.52 Å². The summed E-state index contributed by atoms with van der Waals surface area (Å²) < 4.78 is 5.28. The van der Waals surface area contributed by atoms with E-state index in [1.807, 2.05) is 0 Å². The maximum Gasteiger partial charge on any atom is 0.231 e. The smallest absolute Gasteiger partial charge is 0.231 e. The lowest BCUT2D eigenvalue weighted by Crippen LogP contribution is -2.35. The van der Waals surface area contributed by atoms with E-state index < -0.39 is 0 Å². The van der Waals surface area contributed by atoms with Crippen LogP contribution in [0.5, 0.6) is 0 Å². The van der Waals surface area contributed by atoms with E-state index in [1.165, 1.54) is 0 Å². The molecule has 3 rings (SSSR count). The number of rotatable bonds is 2. The largest absolute Gasteiger partial charge is 0.369 e. The predicted octanol–water partition coefficient (Wildman–Crippen LogP) is 2.51. The number of piperidine rings is 1. The van der Waals surface area contributed by atoms with Crippen molar-refractivity contribution in [3.05, 3.63) is 41.0 Å². The molecule has 0 amide bonds. The third kappa shape index (κ3) is 2.51. The minimum absolute atomic E-state index is 0.133. The van der Waals surface area contributed by atoms with Crippen LogP contribution in [0.25, 0.3) is 0 Å². The Morgan fingerprint density at radius 3 is 2.59 bits per heavy atom. The highest BCUT2D eigenvalue weighted by Crippen LogP contribution is 2.32. The lowest BCUT2D eigenvalue weighted by Gasteiger charge is -2.33. The van der Waals surface area contributed by atoms with E-state index in [0.29, 0.717) is 35.1 Å². The Morgan fingerprint density at radius 2 is 2.00 bits per heavy atom. The van der Waals surface area contributed by atoms with Gasteiger partial charge in [-0.25, -0.2) is 0 Å². The first-order valence-corrected chi connectivity index (χ1v) is 7.21. The van der Waals surface area contributed by atoms with Crippen molar-refractivity contribution in [2.24, 2.45) is 0 Å². The van der Waals surface area contributed by atoms with Crippen molar-refractivity contribution in [2.45, 2.75) is 25.7 Å². The lowest BCUT2D eigenvalue weighted by molar-refractivity contribution is 0.331. The van der Waals surface area contributed by atoms with Crippen LogP contribution in [0, 0.1) is 29.6 Å². The monoisotopic (exact) mass is 293 g/mol. The molecule has 0 saturated carbocycles. The molecule has 6 nitrogen and oxygen atoms in total. The first-order chi connectivity index (χ1) is 10.7. The van der Waals surface area contributed by atoms with Gasteiger partial charge >= 0.3 is 0 Å². The molecule has 2 heterocycles. The van der Waals surface area contributed by atoms with Crippen LogP contribution in [-0.4, -0.2) is 23.2 Å². The first-order valence-electron chi connectivity index (χ1n) is 7.21. The van der Waals surface area contributed by atoms with E-state index in [-0.39, 0.29) is 5.92 Å². The van der Waals surface area contributed by atoms with Gasteiger partial charge in [-0.1, -0.05) is 11.2 Å². The molecule has 1 aliphatic rings. The van der Waals surface area contributed by atoms with Crippen molar-refractivity contribution >= 4 is 5.69 Å². The Kier molecular flexibility index (Phi) is 3.76. The zero-order valence-corrected chi connectivity index (χ0v) is 12.3. The zero-order chi connectivity index (χ0) is 15.5. The molecular formula is C16H15N5O. The molecule has 0 bridgehead atoms. The Balaban J connectivity index is 1.93. The van der Waals surface area contributed by atoms with Gasteiger partial charge in [0.1, 0.15) is 12.1 Å². The molecule has 22 heavy (non-hydrogen) atoms. The standard InChI is InChI=1S/C16H15N5O/c1-11-19-16(22-20-11)14-6-3-7-21(10-14)15-12(8-17)4-2-5-13(15)9-18/h2,4-5,14H,3,6-7,10H2,1H3. The Labute approximate surface area is 128 Å². The highest BCUT2D eigenvalue weighted by Gasteiger charge is 2.28. The third-order valence-corrected chi connectivity index (χ3v) is 3.91. The van der Waals surface area contributed by atoms with E-state index in [1.54, 1.807) is 25.1 Å². The summed E-state index contributed by atoms with van der Waals surface area (Å²) in [5.41, 5.74) is 1.77. The minimum atomic E-state index is 0.133. The molecule has 1 aliphatic heterocycles. The fourth-order valence-electron chi connectivity index (χ4n) is 2.93. The van der Waals surface area contributed by atoms with Gasteiger partial charge in [-0.2, -0.15) is 15.5 Å². The number of hydrogen-bond donors (Lipinski definition) is 0. The van der Waals surface area contributed by atoms with Crippen LogP contribution in [0.1, 0.15) is 41.6 Å². The van der Waals surface area contributed by atoms with Gasteiger partial charge in [-0.3, -0.25) is 0 Å². The average Bonchev–Trinajstić information content (AvgIpc) is 3.00. The highest BCUT2D eigenvalue weighted by atomic mass is 16.5. The second-order valence-electron chi connectivity index (χ2n) is 5.39. The van der Waals surface area contributed by atoms with E-state index >= 15 is 0 Å². The van der Waals surface area contributed by atoms with Gasteiger partial charge in [0, 0.05) is 13.1 Å². The lowest BCUT2D eigenvalue weighted by atomic mass is 9.95. The first kappa shape index (κ1) is 14.1. The van der Waals surface area contributed by atoms with E-state index in [2.05, 4.69) is 27.2 Å². The SMILES string of the molecule is Cc1noc(C2CCCN(c3c(C#N)cccc3C#N)C2)n1. The molecule has 0 radical (unpaired) electrons. The van der Waals surface area contributed by atoms with E-state index in [0.717, 1.165) is 19.4 Å². The molecule has 1 aromatic carbocycles. The van der Waals surface area contributed by atoms with Crippen LogP contribution in [0.4, 0.5) is 5.69 Å². The topological polar surface area (TPSA) is 89.7 Å². The van der Waals surface area contributed by atoms with Crippen LogP contribution in [0.3, 0.4) is 0 Å². The molecule has 0 aliphatic carbocycles. The van der Waals surface area contributed by atoms with Crippen molar-refractivity contribution in [1.82, 2.24) is 10.1 Å². The molecule has 1 saturated heterocycles. The highest BCUT2D eigenvalue weighted by molar-refractivity contribution is 5.68. The quantitative estimate of drug-likeness (QED) is 0.845. The van der Waals surface area contributed by atoms with Gasteiger partial charge in [0.25, 0.3) is 0 Å². The molecule has 1 atom stereocenters. The molecule has 110 valence electrons. The Bertz CT molecular complexity index is 735. The molecule has 0 spiro atoms. The number of hydrogen-bond acceptors (Lipinski definition) is 6. The predicted molar refractivity (Wildman–Crippen MR) is 79.1 cm³/mol. The van der Waals surface area contributed by atoms with Gasteiger partial charge in [0.2, 0.25) is 5.89 Å². The van der Waals surface area contributed by atoms with Crippen LogP contribution < -0.4 is 4.90 Å². The normalized spacial score (nSPS) is 17.8. The second kappa shape index (κ2) is 5.87. The van der Waals surface area contributed by atoms with Crippen molar-refractivity contribution < 1.29 is 4.52 Å². The summed E-state index contributed by atoms with van der Waals surface area (Å²) in [4.78, 5) is 6.40. The van der Waals surface area contributed by atoms with Crippen molar-refractivity contribution in [2.75, 3.05) is 18.0 Å². The van der Waals surface area contributed by atoms with Crippen LogP contribution >= 0.6 is 0 Å². The third-order valence-electron chi connectivity index (χ3n) is 3.91. The fraction of sp³-hybridized carbons (Fsp3) is 0.375. The van der Waals surface area contributed by atoms with Gasteiger partial charge in [0.05, 0.1) is 22.7 Å². The summed E-state index contributed by atoms with van der Waals surface area (Å²) in [6.07, 6.45) is 1.92. The number of para-hydroxylation sites is 1. The number of nitrogens with zero attached hydrogens (tertiary/aromatic N) is 5. The maximum atomic E-state index is 9.33. The Hall–Kier alpha value is -2.86. The van der Waals surface area contributed by atoms with Crippen molar-refractivity contribution in [1.29, 1.82) is 10.5 Å². The summed E-state index contributed by atoms with van der Waals surface area (Å²) in [6, 6.07) is 9.60. The van der Waals surface area contributed by atoms with Crippen molar-refractivity contribution in [3.63, 3.8) is 0 Å². The molecular weight excluding hydrogens is 278 g/mol. The van der Waals surface area contributed by atoms with Gasteiger partial charge < -0.3 is 9.42 Å². The summed E-state index contributed by atoms with van der Waals surface area (Å²) in [7, 11) is 0. The summed E-state index contributed by atoms with van der Waals surface area (Å²) in [5.74, 6) is 1.39. The van der Waals surface area contributed by atoms with Crippen LogP contribution in [0.2, 0.25) is 0 Å². The van der Waals surface area contributed by atoms with Crippen LogP contribution in [0.15, 0.2) is 22.7 Å². The number of benzene rings is 1. The maximum absolute atomic E-state index is 9.33.